The molecule has 3 aromatic rings. The summed E-state index contributed by atoms with van der Waals surface area (Å²) in [6.45, 7) is -1.34. The van der Waals surface area contributed by atoms with Gasteiger partial charge in [0.2, 0.25) is 17.7 Å². The molecule has 0 unspecified atom stereocenters. The van der Waals surface area contributed by atoms with Gasteiger partial charge in [0.05, 0.1) is 12.3 Å². The summed E-state index contributed by atoms with van der Waals surface area (Å²) in [6, 6.07) is 12.9. The normalized spacial score (nSPS) is 11.9. The summed E-state index contributed by atoms with van der Waals surface area (Å²) in [5.74, 6) is -1.15. The smallest absolute Gasteiger partial charge is 0.408 e. The number of aromatic nitrogens is 3. The number of carbonyl (C=O) groups is 2. The molecule has 0 fully saturated rings. The molecule has 3 rings (SSSR count). The molecule has 0 aliphatic carbocycles. The van der Waals surface area contributed by atoms with Gasteiger partial charge >= 0.3 is 6.18 Å². The topological polar surface area (TPSA) is 112 Å². The fourth-order valence-corrected chi connectivity index (χ4v) is 3.20. The number of amides is 2. The van der Waals surface area contributed by atoms with E-state index in [2.05, 4.69) is 15.4 Å². The zero-order chi connectivity index (χ0) is 24.6. The van der Waals surface area contributed by atoms with E-state index in [9.17, 15) is 22.8 Å². The molecule has 2 heterocycles. The van der Waals surface area contributed by atoms with Gasteiger partial charge in [0.1, 0.15) is 12.6 Å². The minimum Gasteiger partial charge on any atom is -0.478 e. The average molecular weight is 492 g/mol. The van der Waals surface area contributed by atoms with Gasteiger partial charge in [0.15, 0.2) is 0 Å². The number of pyridine rings is 1. The fourth-order valence-electron chi connectivity index (χ4n) is 3.20. The van der Waals surface area contributed by atoms with Crippen LogP contribution in [0.1, 0.15) is 25.8 Å². The molecular weight excluding hydrogens is 463 g/mol. The van der Waals surface area contributed by atoms with Crippen molar-refractivity contribution < 1.29 is 27.5 Å². The molecule has 0 saturated heterocycles. The number of nitrogens with zero attached hydrogens (tertiary/aromatic N) is 3. The maximum absolute atomic E-state index is 13.0. The first-order chi connectivity index (χ1) is 16.2. The lowest BCUT2D eigenvalue weighted by molar-refractivity contribution is -0.143. The quantitative estimate of drug-likeness (QED) is 0.399. The van der Waals surface area contributed by atoms with Crippen LogP contribution in [-0.2, 0) is 22.6 Å². The summed E-state index contributed by atoms with van der Waals surface area (Å²) in [7, 11) is 0. The van der Waals surface area contributed by atoms with Gasteiger partial charge in [0, 0.05) is 36.9 Å². The van der Waals surface area contributed by atoms with Gasteiger partial charge in [-0.05, 0) is 24.1 Å². The van der Waals surface area contributed by atoms with Crippen molar-refractivity contribution in [1.82, 2.24) is 20.1 Å². The van der Waals surface area contributed by atoms with Crippen LogP contribution in [0.25, 0.3) is 11.3 Å². The Kier molecular flexibility index (Phi) is 9.80. The standard InChI is InChI=1S/C23H24F3N5O3.CH4/c24-23(25,26)15-31-21(13-18(30-31)17-8-4-10-28-14-17)34-11-5-9-20(32)29-19(22(27)33)12-16-6-2-1-3-7-16;/h1-4,6-8,10,13-14,19H,5,9,11-12,15H2,(H2,27,33)(H,29,32);1H4/t19-;/m0./s1. The molecule has 188 valence electrons. The van der Waals surface area contributed by atoms with E-state index in [1.165, 1.54) is 12.3 Å². The number of nitrogens with one attached hydrogen (secondary N) is 1. The lowest BCUT2D eigenvalue weighted by Crippen LogP contribution is -2.45. The van der Waals surface area contributed by atoms with E-state index in [0.29, 0.717) is 5.56 Å². The van der Waals surface area contributed by atoms with Gasteiger partial charge < -0.3 is 15.8 Å². The largest absolute Gasteiger partial charge is 0.478 e. The van der Waals surface area contributed by atoms with E-state index in [-0.39, 0.29) is 44.9 Å². The Morgan fingerprint density at radius 1 is 1.14 bits per heavy atom. The zero-order valence-corrected chi connectivity index (χ0v) is 18.2. The minimum atomic E-state index is -4.49. The number of hydrogen-bond donors (Lipinski definition) is 2. The monoisotopic (exact) mass is 491 g/mol. The molecular formula is C24H28F3N5O3. The highest BCUT2D eigenvalue weighted by atomic mass is 19.4. The molecule has 0 aliphatic rings. The molecule has 0 radical (unpaired) electrons. The Hall–Kier alpha value is -3.89. The van der Waals surface area contributed by atoms with Crippen LogP contribution >= 0.6 is 0 Å². The Morgan fingerprint density at radius 3 is 2.51 bits per heavy atom. The number of nitrogens with two attached hydrogens (primary N) is 1. The molecule has 0 spiro atoms. The van der Waals surface area contributed by atoms with Crippen LogP contribution < -0.4 is 15.8 Å². The lowest BCUT2D eigenvalue weighted by Gasteiger charge is -2.16. The van der Waals surface area contributed by atoms with E-state index in [1.54, 1.807) is 18.3 Å². The number of halogens is 3. The van der Waals surface area contributed by atoms with Crippen LogP contribution in [0.15, 0.2) is 60.9 Å². The number of alkyl halides is 3. The summed E-state index contributed by atoms with van der Waals surface area (Å²) < 4.78 is 45.1. The van der Waals surface area contributed by atoms with Gasteiger partial charge in [-0.3, -0.25) is 14.6 Å². The third-order valence-corrected chi connectivity index (χ3v) is 4.79. The lowest BCUT2D eigenvalue weighted by atomic mass is 10.1. The van der Waals surface area contributed by atoms with Gasteiger partial charge in [0.25, 0.3) is 0 Å². The molecule has 1 aromatic carbocycles. The second kappa shape index (κ2) is 12.5. The molecule has 8 nitrogen and oxygen atoms in total. The summed E-state index contributed by atoms with van der Waals surface area (Å²) in [5.41, 5.74) is 7.07. The van der Waals surface area contributed by atoms with Gasteiger partial charge in [-0.25, -0.2) is 4.68 Å². The first kappa shape index (κ1) is 27.4. The second-order valence-electron chi connectivity index (χ2n) is 7.55. The van der Waals surface area contributed by atoms with Crippen LogP contribution in [-0.4, -0.2) is 45.4 Å². The Balaban J connectivity index is 0.00000432. The van der Waals surface area contributed by atoms with Crippen LogP contribution in [0, 0.1) is 0 Å². The average Bonchev–Trinajstić information content (AvgIpc) is 3.18. The van der Waals surface area contributed by atoms with E-state index < -0.39 is 30.6 Å². The number of benzene rings is 1. The van der Waals surface area contributed by atoms with E-state index in [0.717, 1.165) is 10.2 Å². The van der Waals surface area contributed by atoms with Gasteiger partial charge in [-0.15, -0.1) is 0 Å². The van der Waals surface area contributed by atoms with Crippen LogP contribution in [0.3, 0.4) is 0 Å². The molecule has 0 bridgehead atoms. The van der Waals surface area contributed by atoms with Crippen LogP contribution in [0.4, 0.5) is 13.2 Å². The van der Waals surface area contributed by atoms with Crippen molar-refractivity contribution in [2.24, 2.45) is 5.73 Å². The van der Waals surface area contributed by atoms with Crippen LogP contribution in [0.5, 0.6) is 5.88 Å². The Labute approximate surface area is 201 Å². The molecule has 3 N–H and O–H groups in total. The fraction of sp³-hybridized carbons (Fsp3) is 0.333. The molecule has 2 amide bonds. The SMILES string of the molecule is C.NC(=O)[C@H](Cc1ccccc1)NC(=O)CCCOc1cc(-c2cccnc2)nn1CC(F)(F)F. The van der Waals surface area contributed by atoms with Crippen molar-refractivity contribution >= 4 is 11.8 Å². The number of ether oxygens (including phenoxy) is 1. The van der Waals surface area contributed by atoms with Crippen molar-refractivity contribution in [3.05, 3.63) is 66.5 Å². The predicted molar refractivity (Wildman–Crippen MR) is 124 cm³/mol. The van der Waals surface area contributed by atoms with Gasteiger partial charge in [-0.1, -0.05) is 37.8 Å². The molecule has 0 saturated carbocycles. The van der Waals surface area contributed by atoms with E-state index in [1.807, 2.05) is 30.3 Å². The first-order valence-electron chi connectivity index (χ1n) is 10.5. The summed E-state index contributed by atoms with van der Waals surface area (Å²) >= 11 is 0. The molecule has 35 heavy (non-hydrogen) atoms. The van der Waals surface area contributed by atoms with Crippen molar-refractivity contribution in [3.8, 4) is 17.1 Å². The maximum atomic E-state index is 13.0. The van der Waals surface area contributed by atoms with Crippen molar-refractivity contribution in [2.45, 2.75) is 45.5 Å². The highest BCUT2D eigenvalue weighted by Crippen LogP contribution is 2.26. The Morgan fingerprint density at radius 2 is 1.89 bits per heavy atom. The highest BCUT2D eigenvalue weighted by molar-refractivity contribution is 5.86. The second-order valence-corrected chi connectivity index (χ2v) is 7.55. The Bertz CT molecular complexity index is 1090. The van der Waals surface area contributed by atoms with Crippen molar-refractivity contribution in [2.75, 3.05) is 6.61 Å². The first-order valence-corrected chi connectivity index (χ1v) is 10.5. The van der Waals surface area contributed by atoms with Crippen LogP contribution in [0.2, 0.25) is 0 Å². The zero-order valence-electron chi connectivity index (χ0n) is 18.2. The molecule has 0 aliphatic heterocycles. The van der Waals surface area contributed by atoms with E-state index >= 15 is 0 Å². The minimum absolute atomic E-state index is 0. The predicted octanol–water partition coefficient (Wildman–Crippen LogP) is 3.52. The molecule has 1 atom stereocenters. The highest BCUT2D eigenvalue weighted by Gasteiger charge is 2.30. The summed E-state index contributed by atoms with van der Waals surface area (Å²) in [6.07, 6.45) is -0.991. The number of rotatable bonds is 11. The third-order valence-electron chi connectivity index (χ3n) is 4.79. The van der Waals surface area contributed by atoms with Crippen molar-refractivity contribution in [3.63, 3.8) is 0 Å². The van der Waals surface area contributed by atoms with Gasteiger partial charge in [-0.2, -0.15) is 18.3 Å². The van der Waals surface area contributed by atoms with E-state index in [4.69, 9.17) is 10.5 Å². The molecule has 11 heteroatoms. The maximum Gasteiger partial charge on any atom is 0.408 e. The summed E-state index contributed by atoms with van der Waals surface area (Å²) in [4.78, 5) is 27.9. The summed E-state index contributed by atoms with van der Waals surface area (Å²) in [5, 5.41) is 6.57. The van der Waals surface area contributed by atoms with Crippen molar-refractivity contribution in [1.29, 1.82) is 0 Å². The number of carbonyl (C=O) groups excluding carboxylic acids is 2. The number of hydrogen-bond acceptors (Lipinski definition) is 5. The third kappa shape index (κ3) is 8.76. The number of primary amides is 1. The molecule has 2 aromatic heterocycles.